The number of amides is 1. The molecule has 0 unspecified atom stereocenters. The zero-order valence-corrected chi connectivity index (χ0v) is 13.1. The van der Waals surface area contributed by atoms with Crippen LogP contribution < -0.4 is 5.32 Å². The predicted molar refractivity (Wildman–Crippen MR) is 83.9 cm³/mol. The van der Waals surface area contributed by atoms with Gasteiger partial charge < -0.3 is 10.2 Å². The second-order valence-electron chi connectivity index (χ2n) is 5.84. The van der Waals surface area contributed by atoms with E-state index in [2.05, 4.69) is 15.6 Å². The highest BCUT2D eigenvalue weighted by Crippen LogP contribution is 2.18. The van der Waals surface area contributed by atoms with Crippen LogP contribution >= 0.6 is 0 Å². The Bertz CT molecular complexity index is 667. The Morgan fingerprint density at radius 1 is 1.39 bits per heavy atom. The number of nitrogens with zero attached hydrogens (tertiary/aromatic N) is 4. The molecule has 122 valence electrons. The van der Waals surface area contributed by atoms with Crippen LogP contribution in [0.5, 0.6) is 0 Å². The minimum absolute atomic E-state index is 0.0980. The van der Waals surface area contributed by atoms with E-state index in [1.807, 2.05) is 11.9 Å². The summed E-state index contributed by atoms with van der Waals surface area (Å²) >= 11 is 0. The molecule has 23 heavy (non-hydrogen) atoms. The maximum absolute atomic E-state index is 13.0. The Morgan fingerprint density at radius 3 is 2.91 bits per heavy atom. The van der Waals surface area contributed by atoms with Crippen molar-refractivity contribution < 1.29 is 9.18 Å². The predicted octanol–water partition coefficient (Wildman–Crippen LogP) is 1.48. The Labute approximate surface area is 134 Å². The lowest BCUT2D eigenvalue weighted by atomic mass is 9.98. The molecule has 2 heterocycles. The van der Waals surface area contributed by atoms with Crippen LogP contribution in [-0.2, 0) is 0 Å². The quantitative estimate of drug-likeness (QED) is 0.928. The van der Waals surface area contributed by atoms with Gasteiger partial charge in [-0.2, -0.15) is 0 Å². The number of likely N-dealkylation sites (tertiary alicyclic amines) is 1. The van der Waals surface area contributed by atoms with Gasteiger partial charge in [-0.3, -0.25) is 4.79 Å². The minimum Gasteiger partial charge on any atom is -0.337 e. The molecule has 0 radical (unpaired) electrons. The van der Waals surface area contributed by atoms with E-state index in [4.69, 9.17) is 0 Å². The van der Waals surface area contributed by atoms with E-state index in [0.717, 1.165) is 32.5 Å². The van der Waals surface area contributed by atoms with Crippen LogP contribution in [-0.4, -0.2) is 52.5 Å². The van der Waals surface area contributed by atoms with Crippen molar-refractivity contribution >= 4 is 5.91 Å². The fraction of sp³-hybridized carbons (Fsp3) is 0.438. The van der Waals surface area contributed by atoms with Crippen molar-refractivity contribution in [2.24, 2.45) is 5.92 Å². The molecule has 1 fully saturated rings. The molecule has 3 rings (SSSR count). The molecule has 1 aliphatic heterocycles. The van der Waals surface area contributed by atoms with Crippen LogP contribution in [0.1, 0.15) is 23.3 Å². The molecule has 0 bridgehead atoms. The van der Waals surface area contributed by atoms with Crippen molar-refractivity contribution in [1.82, 2.24) is 25.2 Å². The van der Waals surface area contributed by atoms with Crippen LogP contribution in [0.3, 0.4) is 0 Å². The van der Waals surface area contributed by atoms with Crippen LogP contribution in [0.15, 0.2) is 30.5 Å². The molecule has 1 atom stereocenters. The van der Waals surface area contributed by atoms with E-state index in [0.29, 0.717) is 17.3 Å². The summed E-state index contributed by atoms with van der Waals surface area (Å²) in [5, 5.41) is 11.1. The zero-order valence-electron chi connectivity index (χ0n) is 13.1. The summed E-state index contributed by atoms with van der Waals surface area (Å²) in [4.78, 5) is 14.4. The number of hydrogen-bond acceptors (Lipinski definition) is 4. The molecule has 1 aliphatic rings. The molecule has 1 aromatic heterocycles. The Kier molecular flexibility index (Phi) is 4.66. The Balaban J connectivity index is 1.72. The SMILES string of the molecule is CNC[C@@H]1CCCN(C(=O)c2cn(-c3ccc(F)cc3)nn2)C1. The van der Waals surface area contributed by atoms with Crippen LogP contribution in [0.4, 0.5) is 4.39 Å². The zero-order chi connectivity index (χ0) is 16.2. The van der Waals surface area contributed by atoms with Gasteiger partial charge in [-0.1, -0.05) is 5.21 Å². The summed E-state index contributed by atoms with van der Waals surface area (Å²) in [6.45, 7) is 2.40. The number of nitrogens with one attached hydrogen (secondary N) is 1. The largest absolute Gasteiger partial charge is 0.337 e. The minimum atomic E-state index is -0.311. The first-order valence-corrected chi connectivity index (χ1v) is 7.79. The van der Waals surface area contributed by atoms with Crippen molar-refractivity contribution in [3.8, 4) is 5.69 Å². The highest BCUT2D eigenvalue weighted by molar-refractivity contribution is 5.92. The van der Waals surface area contributed by atoms with Gasteiger partial charge in [0.2, 0.25) is 0 Å². The van der Waals surface area contributed by atoms with Crippen molar-refractivity contribution in [3.63, 3.8) is 0 Å². The molecule has 0 spiro atoms. The monoisotopic (exact) mass is 317 g/mol. The first-order chi connectivity index (χ1) is 11.2. The number of piperidine rings is 1. The van der Waals surface area contributed by atoms with E-state index in [1.54, 1.807) is 18.3 Å². The van der Waals surface area contributed by atoms with Crippen molar-refractivity contribution in [2.75, 3.05) is 26.7 Å². The van der Waals surface area contributed by atoms with Gasteiger partial charge >= 0.3 is 0 Å². The van der Waals surface area contributed by atoms with Gasteiger partial charge in [0.25, 0.3) is 5.91 Å². The van der Waals surface area contributed by atoms with E-state index in [-0.39, 0.29) is 11.7 Å². The third kappa shape index (κ3) is 3.56. The lowest BCUT2D eigenvalue weighted by molar-refractivity contribution is 0.0668. The fourth-order valence-corrected chi connectivity index (χ4v) is 2.95. The van der Waals surface area contributed by atoms with Crippen LogP contribution in [0.2, 0.25) is 0 Å². The maximum Gasteiger partial charge on any atom is 0.276 e. The van der Waals surface area contributed by atoms with Gasteiger partial charge in [0.1, 0.15) is 5.82 Å². The second kappa shape index (κ2) is 6.87. The van der Waals surface area contributed by atoms with Crippen molar-refractivity contribution in [2.45, 2.75) is 12.8 Å². The first kappa shape index (κ1) is 15.6. The summed E-state index contributed by atoms with van der Waals surface area (Å²) in [7, 11) is 1.93. The van der Waals surface area contributed by atoms with E-state index >= 15 is 0 Å². The number of benzene rings is 1. The number of carbonyl (C=O) groups excluding carboxylic acids is 1. The van der Waals surface area contributed by atoms with Gasteiger partial charge in [0.15, 0.2) is 5.69 Å². The van der Waals surface area contributed by atoms with Gasteiger partial charge in [0, 0.05) is 13.1 Å². The fourth-order valence-electron chi connectivity index (χ4n) is 2.95. The third-order valence-electron chi connectivity index (χ3n) is 4.10. The lowest BCUT2D eigenvalue weighted by Gasteiger charge is -2.32. The summed E-state index contributed by atoms with van der Waals surface area (Å²) in [6.07, 6.45) is 3.73. The molecule has 6 nitrogen and oxygen atoms in total. The average Bonchev–Trinajstić information content (AvgIpc) is 3.05. The molecule has 1 saturated heterocycles. The van der Waals surface area contributed by atoms with Gasteiger partial charge in [0.05, 0.1) is 11.9 Å². The maximum atomic E-state index is 13.0. The molecular weight excluding hydrogens is 297 g/mol. The van der Waals surface area contributed by atoms with E-state index in [1.165, 1.54) is 16.8 Å². The standard InChI is InChI=1S/C16H20FN5O/c1-18-9-12-3-2-8-21(10-12)16(23)15-11-22(20-19-15)14-6-4-13(17)5-7-14/h4-7,11-12,18H,2-3,8-10H2,1H3/t12-/m0/s1. The number of carbonyl (C=O) groups is 1. The number of aromatic nitrogens is 3. The molecule has 2 aromatic rings. The molecule has 0 saturated carbocycles. The Hall–Kier alpha value is -2.28. The third-order valence-corrected chi connectivity index (χ3v) is 4.10. The van der Waals surface area contributed by atoms with Crippen molar-refractivity contribution in [1.29, 1.82) is 0 Å². The summed E-state index contributed by atoms with van der Waals surface area (Å²) in [5.74, 6) is 0.0677. The first-order valence-electron chi connectivity index (χ1n) is 7.79. The van der Waals surface area contributed by atoms with Gasteiger partial charge in [-0.15, -0.1) is 5.10 Å². The molecular formula is C16H20FN5O. The average molecular weight is 317 g/mol. The Morgan fingerprint density at radius 2 is 2.17 bits per heavy atom. The molecule has 1 amide bonds. The number of rotatable bonds is 4. The number of hydrogen-bond donors (Lipinski definition) is 1. The lowest BCUT2D eigenvalue weighted by Crippen LogP contribution is -2.42. The highest BCUT2D eigenvalue weighted by Gasteiger charge is 2.25. The molecule has 1 aromatic carbocycles. The summed E-state index contributed by atoms with van der Waals surface area (Å²) in [6, 6.07) is 5.90. The smallest absolute Gasteiger partial charge is 0.276 e. The van der Waals surface area contributed by atoms with Crippen LogP contribution in [0.25, 0.3) is 5.69 Å². The number of halogens is 1. The van der Waals surface area contributed by atoms with E-state index in [9.17, 15) is 9.18 Å². The molecule has 0 aliphatic carbocycles. The molecule has 7 heteroatoms. The summed E-state index contributed by atoms with van der Waals surface area (Å²) < 4.78 is 14.5. The molecule has 1 N–H and O–H groups in total. The second-order valence-corrected chi connectivity index (χ2v) is 5.84. The van der Waals surface area contributed by atoms with Gasteiger partial charge in [-0.05, 0) is 56.6 Å². The van der Waals surface area contributed by atoms with Crippen LogP contribution in [0, 0.1) is 11.7 Å². The summed E-state index contributed by atoms with van der Waals surface area (Å²) in [5.41, 5.74) is 0.990. The highest BCUT2D eigenvalue weighted by atomic mass is 19.1. The topological polar surface area (TPSA) is 63.1 Å². The van der Waals surface area contributed by atoms with Crippen molar-refractivity contribution in [3.05, 3.63) is 42.0 Å². The normalized spacial score (nSPS) is 18.2. The van der Waals surface area contributed by atoms with Gasteiger partial charge in [-0.25, -0.2) is 9.07 Å². The van der Waals surface area contributed by atoms with E-state index < -0.39 is 0 Å².